The van der Waals surface area contributed by atoms with Gasteiger partial charge in [-0.25, -0.2) is 0 Å². The van der Waals surface area contributed by atoms with E-state index < -0.39 is 11.7 Å². The van der Waals surface area contributed by atoms with Crippen molar-refractivity contribution < 1.29 is 13.2 Å². The Bertz CT molecular complexity index is 461. The molecule has 1 fully saturated rings. The first-order chi connectivity index (χ1) is 9.07. The largest absolute Gasteiger partial charge is 0.418 e. The van der Waals surface area contributed by atoms with Gasteiger partial charge in [0.2, 0.25) is 0 Å². The number of para-hydroxylation sites is 1. The van der Waals surface area contributed by atoms with Gasteiger partial charge in [0, 0.05) is 12.2 Å². The monoisotopic (exact) mass is 269 g/mol. The zero-order chi connectivity index (χ0) is 13.5. The van der Waals surface area contributed by atoms with Gasteiger partial charge in [0.15, 0.2) is 0 Å². The van der Waals surface area contributed by atoms with Gasteiger partial charge in [-0.15, -0.1) is 0 Å². The molecule has 0 aromatic heterocycles. The lowest BCUT2D eigenvalue weighted by molar-refractivity contribution is -0.137. The highest BCUT2D eigenvalue weighted by Gasteiger charge is 2.38. The molecule has 1 heterocycles. The minimum absolute atomic E-state index is 0.307. The van der Waals surface area contributed by atoms with Gasteiger partial charge in [0.05, 0.1) is 5.56 Å². The van der Waals surface area contributed by atoms with E-state index in [0.717, 1.165) is 12.0 Å². The second kappa shape index (κ2) is 4.73. The third-order valence-corrected chi connectivity index (χ3v) is 4.53. The fourth-order valence-electron chi connectivity index (χ4n) is 3.67. The number of hydrogen-bond donors (Lipinski definition) is 1. The van der Waals surface area contributed by atoms with Crippen LogP contribution >= 0.6 is 0 Å². The summed E-state index contributed by atoms with van der Waals surface area (Å²) in [6, 6.07) is 4.61. The summed E-state index contributed by atoms with van der Waals surface area (Å²) in [5.74, 6) is 0.880. The Labute approximate surface area is 111 Å². The van der Waals surface area contributed by atoms with E-state index in [9.17, 15) is 13.2 Å². The molecule has 19 heavy (non-hydrogen) atoms. The molecule has 0 radical (unpaired) electrons. The van der Waals surface area contributed by atoms with Crippen LogP contribution in [-0.4, -0.2) is 6.54 Å². The van der Waals surface area contributed by atoms with Crippen LogP contribution in [0.5, 0.6) is 0 Å². The van der Waals surface area contributed by atoms with Crippen molar-refractivity contribution in [3.63, 3.8) is 0 Å². The molecule has 0 spiro atoms. The van der Waals surface area contributed by atoms with Crippen LogP contribution in [-0.2, 0) is 6.18 Å². The number of benzene rings is 1. The van der Waals surface area contributed by atoms with Crippen molar-refractivity contribution in [3.8, 4) is 0 Å². The lowest BCUT2D eigenvalue weighted by atomic mass is 9.79. The smallest absolute Gasteiger partial charge is 0.384 e. The first-order valence-corrected chi connectivity index (χ1v) is 7.01. The predicted molar refractivity (Wildman–Crippen MR) is 69.2 cm³/mol. The van der Waals surface area contributed by atoms with Crippen molar-refractivity contribution in [1.82, 2.24) is 0 Å². The van der Waals surface area contributed by atoms with Crippen molar-refractivity contribution in [2.45, 2.75) is 44.2 Å². The topological polar surface area (TPSA) is 12.0 Å². The zero-order valence-corrected chi connectivity index (χ0v) is 10.8. The van der Waals surface area contributed by atoms with E-state index in [1.165, 1.54) is 31.7 Å². The molecule has 0 amide bonds. The second-order valence-electron chi connectivity index (χ2n) is 5.63. The maximum absolute atomic E-state index is 13.0. The molecule has 1 aromatic rings. The van der Waals surface area contributed by atoms with Crippen LogP contribution in [0.15, 0.2) is 18.2 Å². The molecule has 2 aliphatic rings. The van der Waals surface area contributed by atoms with Gasteiger partial charge in [0.1, 0.15) is 0 Å². The van der Waals surface area contributed by atoms with Gasteiger partial charge < -0.3 is 5.32 Å². The summed E-state index contributed by atoms with van der Waals surface area (Å²) < 4.78 is 39.1. The number of rotatable bonds is 1. The third-order valence-electron chi connectivity index (χ3n) is 4.53. The summed E-state index contributed by atoms with van der Waals surface area (Å²) in [6.07, 6.45) is 1.47. The zero-order valence-electron chi connectivity index (χ0n) is 10.8. The molecule has 104 valence electrons. The highest BCUT2D eigenvalue weighted by molar-refractivity contribution is 5.61. The van der Waals surface area contributed by atoms with Crippen LogP contribution in [0.3, 0.4) is 0 Å². The Morgan fingerprint density at radius 3 is 2.47 bits per heavy atom. The van der Waals surface area contributed by atoms with Crippen LogP contribution in [0, 0.1) is 5.92 Å². The summed E-state index contributed by atoms with van der Waals surface area (Å²) in [7, 11) is 0. The first-order valence-electron chi connectivity index (χ1n) is 7.01. The minimum atomic E-state index is -4.27. The lowest BCUT2D eigenvalue weighted by Crippen LogP contribution is -2.24. The summed E-state index contributed by atoms with van der Waals surface area (Å²) in [5.41, 5.74) is 0.707. The van der Waals surface area contributed by atoms with Crippen molar-refractivity contribution in [2.75, 3.05) is 11.9 Å². The average molecular weight is 269 g/mol. The third kappa shape index (κ3) is 2.33. The number of anilines is 1. The molecule has 1 unspecified atom stereocenters. The molecular weight excluding hydrogens is 251 g/mol. The lowest BCUT2D eigenvalue weighted by Gasteiger charge is -2.32. The fourth-order valence-corrected chi connectivity index (χ4v) is 3.67. The fraction of sp³-hybridized carbons (Fsp3) is 0.600. The maximum atomic E-state index is 13.0. The Morgan fingerprint density at radius 2 is 1.79 bits per heavy atom. The van der Waals surface area contributed by atoms with Crippen molar-refractivity contribution in [1.29, 1.82) is 0 Å². The molecule has 1 N–H and O–H groups in total. The average Bonchev–Trinajstić information content (AvgIpc) is 2.90. The molecule has 1 saturated carbocycles. The molecule has 1 aliphatic heterocycles. The Kier molecular flexibility index (Phi) is 3.19. The van der Waals surface area contributed by atoms with E-state index in [4.69, 9.17) is 0 Å². The van der Waals surface area contributed by atoms with Gasteiger partial charge in [-0.05, 0) is 42.7 Å². The molecule has 3 rings (SSSR count). The van der Waals surface area contributed by atoms with Crippen LogP contribution in [0.25, 0.3) is 0 Å². The molecule has 0 bridgehead atoms. The van der Waals surface area contributed by atoms with Gasteiger partial charge in [0.25, 0.3) is 0 Å². The molecule has 1 nitrogen and oxygen atoms in total. The predicted octanol–water partition coefficient (Wildman–Crippen LogP) is 4.79. The highest BCUT2D eigenvalue weighted by Crippen LogP contribution is 2.47. The van der Waals surface area contributed by atoms with E-state index in [0.29, 0.717) is 24.1 Å². The molecular formula is C15H18F3N. The Balaban J connectivity index is 2.00. The number of hydrogen-bond acceptors (Lipinski definition) is 1. The van der Waals surface area contributed by atoms with Crippen molar-refractivity contribution >= 4 is 5.69 Å². The Morgan fingerprint density at radius 1 is 1.05 bits per heavy atom. The molecule has 1 aliphatic carbocycles. The standard InChI is InChI=1S/C15H18F3N/c16-15(17,18)13-7-3-6-12-11(8-9-19-14(12)13)10-4-1-2-5-10/h3,6-7,10-11,19H,1-2,4-5,8-9H2. The molecule has 4 heteroatoms. The van der Waals surface area contributed by atoms with Crippen molar-refractivity contribution in [3.05, 3.63) is 29.3 Å². The number of nitrogens with one attached hydrogen (secondary N) is 1. The van der Waals surface area contributed by atoms with Crippen LogP contribution < -0.4 is 5.32 Å². The normalized spacial score (nSPS) is 24.1. The van der Waals surface area contributed by atoms with E-state index in [1.54, 1.807) is 6.07 Å². The van der Waals surface area contributed by atoms with Crippen LogP contribution in [0.1, 0.15) is 49.1 Å². The summed E-state index contributed by atoms with van der Waals surface area (Å²) in [4.78, 5) is 0. The number of alkyl halides is 3. The Hall–Kier alpha value is -1.19. The van der Waals surface area contributed by atoms with Gasteiger partial charge in [-0.1, -0.05) is 25.0 Å². The highest BCUT2D eigenvalue weighted by atomic mass is 19.4. The van der Waals surface area contributed by atoms with E-state index in [1.807, 2.05) is 6.07 Å². The van der Waals surface area contributed by atoms with Gasteiger partial charge in [-0.2, -0.15) is 13.2 Å². The molecule has 0 saturated heterocycles. The quantitative estimate of drug-likeness (QED) is 0.772. The number of halogens is 3. The maximum Gasteiger partial charge on any atom is 0.418 e. The van der Waals surface area contributed by atoms with Gasteiger partial charge >= 0.3 is 6.18 Å². The van der Waals surface area contributed by atoms with Crippen molar-refractivity contribution in [2.24, 2.45) is 5.92 Å². The van der Waals surface area contributed by atoms with Crippen LogP contribution in [0.4, 0.5) is 18.9 Å². The summed E-state index contributed by atoms with van der Waals surface area (Å²) in [6.45, 7) is 0.654. The second-order valence-corrected chi connectivity index (χ2v) is 5.63. The van der Waals surface area contributed by atoms with Crippen LogP contribution in [0.2, 0.25) is 0 Å². The number of fused-ring (bicyclic) bond motifs is 1. The summed E-state index contributed by atoms with van der Waals surface area (Å²) >= 11 is 0. The summed E-state index contributed by atoms with van der Waals surface area (Å²) in [5, 5.41) is 2.97. The van der Waals surface area contributed by atoms with E-state index in [2.05, 4.69) is 5.32 Å². The van der Waals surface area contributed by atoms with E-state index >= 15 is 0 Å². The van der Waals surface area contributed by atoms with Gasteiger partial charge in [-0.3, -0.25) is 0 Å². The minimum Gasteiger partial charge on any atom is -0.384 e. The molecule has 1 aromatic carbocycles. The first kappa shape index (κ1) is 12.8. The van der Waals surface area contributed by atoms with E-state index in [-0.39, 0.29) is 0 Å². The SMILES string of the molecule is FC(F)(F)c1cccc2c1NCCC2C1CCCC1. The molecule has 1 atom stereocenters.